The maximum atomic E-state index is 12.3. The molecule has 0 saturated carbocycles. The van der Waals surface area contributed by atoms with Crippen LogP contribution in [0.2, 0.25) is 0 Å². The van der Waals surface area contributed by atoms with Crippen LogP contribution < -0.4 is 16.6 Å². The van der Waals surface area contributed by atoms with Gasteiger partial charge in [-0.1, -0.05) is 0 Å². The lowest BCUT2D eigenvalue weighted by atomic mass is 9.97. The third-order valence-electron chi connectivity index (χ3n) is 5.09. The Morgan fingerprint density at radius 1 is 1.31 bits per heavy atom. The van der Waals surface area contributed by atoms with Crippen LogP contribution in [0.25, 0.3) is 0 Å². The van der Waals surface area contributed by atoms with E-state index in [0.717, 1.165) is 0 Å². The van der Waals surface area contributed by atoms with Gasteiger partial charge in [-0.3, -0.25) is 19.1 Å². The lowest BCUT2D eigenvalue weighted by Crippen LogP contribution is -2.54. The van der Waals surface area contributed by atoms with Gasteiger partial charge < -0.3 is 24.1 Å². The number of amides is 1. The average molecular weight is 405 g/mol. The van der Waals surface area contributed by atoms with E-state index < -0.39 is 41.4 Å². The minimum absolute atomic E-state index is 0.162. The molecule has 11 heteroatoms. The zero-order valence-electron chi connectivity index (χ0n) is 16.3. The molecule has 29 heavy (non-hydrogen) atoms. The fourth-order valence-electron chi connectivity index (χ4n) is 3.77. The number of carbonyl (C=O) groups excluding carboxylic acids is 1. The Hall–Kier alpha value is -2.76. The average Bonchev–Trinajstić information content (AvgIpc) is 3.22. The first kappa shape index (κ1) is 19.6. The number of imidazole rings is 1. The maximum Gasteiger partial charge on any atom is 0.328 e. The van der Waals surface area contributed by atoms with Crippen molar-refractivity contribution in [2.24, 2.45) is 7.05 Å². The van der Waals surface area contributed by atoms with Crippen LogP contribution in [0.15, 0.2) is 34.2 Å². The smallest absolute Gasteiger partial charge is 0.328 e. The quantitative estimate of drug-likeness (QED) is 0.678. The van der Waals surface area contributed by atoms with Crippen LogP contribution in [0.1, 0.15) is 30.5 Å². The molecule has 2 aliphatic heterocycles. The van der Waals surface area contributed by atoms with Gasteiger partial charge in [0.1, 0.15) is 18.3 Å². The topological polar surface area (TPSA) is 129 Å². The Morgan fingerprint density at radius 2 is 2.07 bits per heavy atom. The maximum absolute atomic E-state index is 12.3. The van der Waals surface area contributed by atoms with Crippen molar-refractivity contribution < 1.29 is 19.0 Å². The molecular weight excluding hydrogens is 382 g/mol. The molecule has 2 aromatic rings. The zero-order valence-corrected chi connectivity index (χ0v) is 16.3. The van der Waals surface area contributed by atoms with Gasteiger partial charge >= 0.3 is 5.69 Å². The zero-order chi connectivity index (χ0) is 20.8. The molecule has 4 atom stereocenters. The van der Waals surface area contributed by atoms with Gasteiger partial charge in [-0.15, -0.1) is 0 Å². The van der Waals surface area contributed by atoms with Crippen LogP contribution in [0, 0.1) is 0 Å². The molecule has 0 unspecified atom stereocenters. The largest absolute Gasteiger partial charge is 0.371 e. The van der Waals surface area contributed by atoms with Crippen LogP contribution in [0.4, 0.5) is 0 Å². The second kappa shape index (κ2) is 7.25. The first-order chi connectivity index (χ1) is 13.7. The molecule has 4 heterocycles. The van der Waals surface area contributed by atoms with E-state index in [0.29, 0.717) is 5.82 Å². The van der Waals surface area contributed by atoms with Crippen LogP contribution in [0.3, 0.4) is 0 Å². The Kier molecular flexibility index (Phi) is 4.89. The lowest BCUT2D eigenvalue weighted by Gasteiger charge is -2.37. The van der Waals surface area contributed by atoms with Gasteiger partial charge in [0.05, 0.1) is 12.6 Å². The molecule has 156 valence electrons. The first-order valence-corrected chi connectivity index (χ1v) is 9.29. The summed E-state index contributed by atoms with van der Waals surface area (Å²) in [7, 11) is 1.73. The van der Waals surface area contributed by atoms with E-state index in [4.69, 9.17) is 14.2 Å². The van der Waals surface area contributed by atoms with Crippen molar-refractivity contribution in [3.05, 3.63) is 51.3 Å². The molecule has 0 spiro atoms. The van der Waals surface area contributed by atoms with Gasteiger partial charge in [-0.05, 0) is 13.8 Å². The highest BCUT2D eigenvalue weighted by atomic mass is 16.8. The molecule has 0 aromatic carbocycles. The number of aryl methyl sites for hydroxylation is 1. The summed E-state index contributed by atoms with van der Waals surface area (Å²) in [5.41, 5.74) is -1.02. The Balaban J connectivity index is 1.52. The van der Waals surface area contributed by atoms with Crippen molar-refractivity contribution in [2.75, 3.05) is 13.2 Å². The van der Waals surface area contributed by atoms with E-state index >= 15 is 0 Å². The molecule has 0 aliphatic carbocycles. The predicted molar refractivity (Wildman–Crippen MR) is 99.5 cm³/mol. The molecule has 0 bridgehead atoms. The number of hydrogen-bond donors (Lipinski definition) is 2. The summed E-state index contributed by atoms with van der Waals surface area (Å²) in [4.78, 5) is 42.2. The van der Waals surface area contributed by atoms with Crippen molar-refractivity contribution in [2.45, 2.75) is 44.0 Å². The summed E-state index contributed by atoms with van der Waals surface area (Å²) in [5.74, 6) is -0.914. The number of ether oxygens (including phenoxy) is 3. The molecular formula is C18H23N5O6. The highest BCUT2D eigenvalue weighted by Crippen LogP contribution is 2.39. The summed E-state index contributed by atoms with van der Waals surface area (Å²) in [5, 5.41) is 2.81. The van der Waals surface area contributed by atoms with Crippen LogP contribution >= 0.6 is 0 Å². The molecule has 2 aliphatic rings. The molecule has 4 rings (SSSR count). The van der Waals surface area contributed by atoms with Gasteiger partial charge in [-0.25, -0.2) is 9.78 Å². The van der Waals surface area contributed by atoms with Crippen molar-refractivity contribution in [1.82, 2.24) is 24.4 Å². The van der Waals surface area contributed by atoms with Gasteiger partial charge in [-0.2, -0.15) is 0 Å². The normalized spacial score (nSPS) is 28.1. The number of rotatable bonds is 4. The number of hydrogen-bond acceptors (Lipinski definition) is 7. The summed E-state index contributed by atoms with van der Waals surface area (Å²) < 4.78 is 21.0. The number of nitrogens with zero attached hydrogens (tertiary/aromatic N) is 3. The number of H-pyrrole nitrogens is 1. The van der Waals surface area contributed by atoms with E-state index in [1.165, 1.54) is 16.8 Å². The second-order valence-corrected chi connectivity index (χ2v) is 7.59. The molecule has 2 N–H and O–H groups in total. The van der Waals surface area contributed by atoms with Gasteiger partial charge in [0, 0.05) is 38.2 Å². The summed E-state index contributed by atoms with van der Waals surface area (Å²) in [6.45, 7) is 3.91. The highest BCUT2D eigenvalue weighted by Gasteiger charge is 2.52. The summed E-state index contributed by atoms with van der Waals surface area (Å²) in [6.07, 6.45) is 3.18. The fraction of sp³-hybridized carbons (Fsp3) is 0.556. The minimum atomic E-state index is -0.880. The monoisotopic (exact) mass is 405 g/mol. The molecule has 11 nitrogen and oxygen atoms in total. The van der Waals surface area contributed by atoms with Crippen molar-refractivity contribution in [1.29, 1.82) is 0 Å². The second-order valence-electron chi connectivity index (χ2n) is 7.59. The Labute approximate surface area is 165 Å². The molecule has 1 amide bonds. The van der Waals surface area contributed by atoms with Crippen molar-refractivity contribution in [3.63, 3.8) is 0 Å². The van der Waals surface area contributed by atoms with E-state index in [2.05, 4.69) is 15.3 Å². The van der Waals surface area contributed by atoms with Crippen molar-refractivity contribution in [3.8, 4) is 0 Å². The molecule has 2 saturated heterocycles. The predicted octanol–water partition coefficient (Wildman–Crippen LogP) is -0.840. The number of carbonyl (C=O) groups is 1. The fourth-order valence-corrected chi connectivity index (χ4v) is 3.77. The lowest BCUT2D eigenvalue weighted by molar-refractivity contribution is -0.153. The van der Waals surface area contributed by atoms with Crippen LogP contribution in [-0.4, -0.2) is 62.3 Å². The highest BCUT2D eigenvalue weighted by molar-refractivity contribution is 5.90. The first-order valence-electron chi connectivity index (χ1n) is 9.29. The van der Waals surface area contributed by atoms with E-state index in [1.807, 2.05) is 0 Å². The van der Waals surface area contributed by atoms with Gasteiger partial charge in [0.2, 0.25) is 0 Å². The minimum Gasteiger partial charge on any atom is -0.371 e. The number of aromatic amines is 1. The number of nitrogens with one attached hydrogen (secondary N) is 2. The van der Waals surface area contributed by atoms with Crippen LogP contribution in [-0.2, 0) is 21.3 Å². The van der Waals surface area contributed by atoms with E-state index in [-0.39, 0.29) is 19.1 Å². The third kappa shape index (κ3) is 3.76. The number of aromatic nitrogens is 4. The summed E-state index contributed by atoms with van der Waals surface area (Å²) in [6, 6.07) is 0.795. The standard InChI is InChI=1S/C18H23N5O6/c1-18(2)28-13-10(23-6-4-12(24)21-17(23)26)9-27-11(14(13)29-18)8-20-16(25)15-19-5-7-22(15)3/h4-7,10-11,13-14H,8-9H2,1-3H3,(H,20,25)(H,21,24,26)/t10-,11-,13+,14-/m1/s1. The van der Waals surface area contributed by atoms with Gasteiger partial charge in [0.25, 0.3) is 11.5 Å². The Morgan fingerprint density at radius 3 is 2.76 bits per heavy atom. The Bertz CT molecular complexity index is 1020. The summed E-state index contributed by atoms with van der Waals surface area (Å²) >= 11 is 0. The molecule has 2 aromatic heterocycles. The van der Waals surface area contributed by atoms with E-state index in [9.17, 15) is 14.4 Å². The third-order valence-corrected chi connectivity index (χ3v) is 5.09. The van der Waals surface area contributed by atoms with E-state index in [1.54, 1.807) is 37.9 Å². The van der Waals surface area contributed by atoms with Gasteiger partial charge in [0.15, 0.2) is 11.6 Å². The SMILES string of the molecule is Cn1ccnc1C(=O)NC[C@H]1OC[C@@H](n2ccc(=O)[nH]c2=O)[C@@H]2OC(C)(C)O[C@@H]21. The number of fused-ring (bicyclic) bond motifs is 1. The molecule has 0 radical (unpaired) electrons. The van der Waals surface area contributed by atoms with Crippen LogP contribution in [0.5, 0.6) is 0 Å². The van der Waals surface area contributed by atoms with Crippen molar-refractivity contribution >= 4 is 5.91 Å². The molecule has 2 fully saturated rings.